The van der Waals surface area contributed by atoms with Gasteiger partial charge in [-0.2, -0.15) is 0 Å². The Morgan fingerprint density at radius 3 is 2.88 bits per heavy atom. The minimum Gasteiger partial charge on any atom is -0.480 e. The Bertz CT molecular complexity index is 431. The van der Waals surface area contributed by atoms with Gasteiger partial charge in [0.1, 0.15) is 6.04 Å². The predicted molar refractivity (Wildman–Crippen MR) is 63.7 cm³/mol. The maximum Gasteiger partial charge on any atom is 0.326 e. The summed E-state index contributed by atoms with van der Waals surface area (Å²) in [5.41, 5.74) is 0.560. The van der Waals surface area contributed by atoms with E-state index in [-0.39, 0.29) is 5.91 Å². The molecular formula is C10H10BrNO3S. The molecule has 6 heteroatoms. The molecule has 1 fully saturated rings. The maximum atomic E-state index is 12.0. The number of carbonyl (C=O) groups excluding carboxylic acids is 1. The Labute approximate surface area is 105 Å². The first kappa shape index (κ1) is 11.6. The van der Waals surface area contributed by atoms with Gasteiger partial charge >= 0.3 is 5.97 Å². The van der Waals surface area contributed by atoms with Crippen molar-refractivity contribution in [3.05, 3.63) is 20.8 Å². The molecule has 86 valence electrons. The highest BCUT2D eigenvalue weighted by atomic mass is 79.9. The first-order chi connectivity index (χ1) is 7.59. The highest BCUT2D eigenvalue weighted by Gasteiger charge is 2.34. The summed E-state index contributed by atoms with van der Waals surface area (Å²) in [5, 5.41) is 10.7. The molecule has 0 radical (unpaired) electrons. The van der Waals surface area contributed by atoms with Crippen molar-refractivity contribution in [3.8, 4) is 0 Å². The van der Waals surface area contributed by atoms with Gasteiger partial charge in [-0.05, 0) is 34.8 Å². The fourth-order valence-electron chi connectivity index (χ4n) is 1.85. The lowest BCUT2D eigenvalue weighted by Gasteiger charge is -2.20. The van der Waals surface area contributed by atoms with Crippen LogP contribution in [0.2, 0.25) is 0 Å². The Kier molecular flexibility index (Phi) is 3.30. The quantitative estimate of drug-likeness (QED) is 0.911. The molecular weight excluding hydrogens is 294 g/mol. The number of amides is 1. The molecule has 2 heterocycles. The summed E-state index contributed by atoms with van der Waals surface area (Å²) >= 11 is 4.71. The van der Waals surface area contributed by atoms with Crippen LogP contribution in [0.25, 0.3) is 0 Å². The van der Waals surface area contributed by atoms with Crippen LogP contribution in [0.15, 0.2) is 15.2 Å². The van der Waals surface area contributed by atoms with E-state index in [1.807, 2.05) is 0 Å². The number of aliphatic carboxylic acids is 1. The van der Waals surface area contributed by atoms with E-state index in [1.54, 1.807) is 11.4 Å². The van der Waals surface area contributed by atoms with E-state index < -0.39 is 12.0 Å². The summed E-state index contributed by atoms with van der Waals surface area (Å²) in [6.45, 7) is 0.531. The normalized spacial score (nSPS) is 20.1. The van der Waals surface area contributed by atoms with E-state index in [9.17, 15) is 9.59 Å². The zero-order valence-electron chi connectivity index (χ0n) is 8.35. The highest BCUT2D eigenvalue weighted by molar-refractivity contribution is 9.11. The molecule has 1 aliphatic rings. The summed E-state index contributed by atoms with van der Waals surface area (Å²) in [6, 6.07) is 1.07. The van der Waals surface area contributed by atoms with Gasteiger partial charge in [-0.15, -0.1) is 11.3 Å². The Balaban J connectivity index is 2.18. The van der Waals surface area contributed by atoms with Crippen LogP contribution in [-0.4, -0.2) is 34.5 Å². The number of carbonyl (C=O) groups is 2. The molecule has 1 saturated heterocycles. The number of hydrogen-bond acceptors (Lipinski definition) is 3. The number of likely N-dealkylation sites (tertiary alicyclic amines) is 1. The highest BCUT2D eigenvalue weighted by Crippen LogP contribution is 2.25. The van der Waals surface area contributed by atoms with Gasteiger partial charge in [0.2, 0.25) is 0 Å². The van der Waals surface area contributed by atoms with E-state index >= 15 is 0 Å². The van der Waals surface area contributed by atoms with Gasteiger partial charge in [-0.25, -0.2) is 4.79 Å². The molecule has 1 N–H and O–H groups in total. The topological polar surface area (TPSA) is 57.6 Å². The van der Waals surface area contributed by atoms with Crippen molar-refractivity contribution in [2.75, 3.05) is 6.54 Å². The second-order valence-corrected chi connectivity index (χ2v) is 5.92. The van der Waals surface area contributed by atoms with Gasteiger partial charge in [0.05, 0.1) is 9.35 Å². The predicted octanol–water partition coefficient (Wildman–Crippen LogP) is 2.20. The average molecular weight is 304 g/mol. The van der Waals surface area contributed by atoms with Gasteiger partial charge < -0.3 is 10.0 Å². The fraction of sp³-hybridized carbons (Fsp3) is 0.400. The Morgan fingerprint density at radius 2 is 2.31 bits per heavy atom. The van der Waals surface area contributed by atoms with Crippen molar-refractivity contribution in [3.63, 3.8) is 0 Å². The minimum atomic E-state index is -0.917. The molecule has 1 aliphatic heterocycles. The standard InChI is InChI=1S/C10H10BrNO3S/c11-8-4-6(5-16-8)9(13)12-3-1-2-7(12)10(14)15/h4-5,7H,1-3H2,(H,14,15)/t7-/m1/s1. The van der Waals surface area contributed by atoms with Crippen LogP contribution in [0.4, 0.5) is 0 Å². The summed E-state index contributed by atoms with van der Waals surface area (Å²) in [4.78, 5) is 24.4. The molecule has 1 aromatic rings. The van der Waals surface area contributed by atoms with Gasteiger partial charge in [-0.3, -0.25) is 4.79 Å². The third kappa shape index (κ3) is 2.12. The minimum absolute atomic E-state index is 0.188. The second-order valence-electron chi connectivity index (χ2n) is 3.63. The molecule has 4 nitrogen and oxygen atoms in total. The lowest BCUT2D eigenvalue weighted by Crippen LogP contribution is -2.40. The van der Waals surface area contributed by atoms with Crippen LogP contribution >= 0.6 is 27.3 Å². The van der Waals surface area contributed by atoms with Crippen LogP contribution in [-0.2, 0) is 4.79 Å². The van der Waals surface area contributed by atoms with E-state index in [4.69, 9.17) is 5.11 Å². The van der Waals surface area contributed by atoms with Gasteiger partial charge in [0, 0.05) is 11.9 Å². The molecule has 0 bridgehead atoms. The first-order valence-corrected chi connectivity index (χ1v) is 6.54. The van der Waals surface area contributed by atoms with Crippen molar-refractivity contribution in [2.24, 2.45) is 0 Å². The zero-order valence-corrected chi connectivity index (χ0v) is 10.8. The molecule has 2 rings (SSSR count). The van der Waals surface area contributed by atoms with Crippen LogP contribution in [0.5, 0.6) is 0 Å². The number of carboxylic acids is 1. The third-order valence-electron chi connectivity index (χ3n) is 2.61. The molecule has 0 spiro atoms. The van der Waals surface area contributed by atoms with Gasteiger partial charge in [-0.1, -0.05) is 0 Å². The number of halogens is 1. The zero-order chi connectivity index (χ0) is 11.7. The second kappa shape index (κ2) is 4.55. The number of carboxylic acid groups (broad SMARTS) is 1. The molecule has 0 aromatic carbocycles. The maximum absolute atomic E-state index is 12.0. The summed E-state index contributed by atoms with van der Waals surface area (Å²) in [5.74, 6) is -1.10. The number of hydrogen-bond donors (Lipinski definition) is 1. The van der Waals surface area contributed by atoms with Crippen molar-refractivity contribution in [2.45, 2.75) is 18.9 Å². The van der Waals surface area contributed by atoms with E-state index in [1.165, 1.54) is 16.2 Å². The van der Waals surface area contributed by atoms with Crippen LogP contribution in [0.1, 0.15) is 23.2 Å². The monoisotopic (exact) mass is 303 g/mol. The van der Waals surface area contributed by atoms with Crippen LogP contribution < -0.4 is 0 Å². The Morgan fingerprint density at radius 1 is 1.56 bits per heavy atom. The van der Waals surface area contributed by atoms with Crippen molar-refractivity contribution < 1.29 is 14.7 Å². The van der Waals surface area contributed by atoms with Crippen molar-refractivity contribution in [1.82, 2.24) is 4.90 Å². The first-order valence-electron chi connectivity index (χ1n) is 4.87. The molecule has 16 heavy (non-hydrogen) atoms. The van der Waals surface area contributed by atoms with E-state index in [2.05, 4.69) is 15.9 Å². The summed E-state index contributed by atoms with van der Waals surface area (Å²) < 4.78 is 0.877. The third-order valence-corrected chi connectivity index (χ3v) is 4.12. The average Bonchev–Trinajstić information content (AvgIpc) is 2.84. The number of rotatable bonds is 2. The van der Waals surface area contributed by atoms with E-state index in [0.29, 0.717) is 18.5 Å². The Hall–Kier alpha value is -0.880. The molecule has 1 atom stereocenters. The molecule has 1 amide bonds. The van der Waals surface area contributed by atoms with Crippen LogP contribution in [0.3, 0.4) is 0 Å². The van der Waals surface area contributed by atoms with Gasteiger partial charge in [0.15, 0.2) is 0 Å². The number of thiophene rings is 1. The van der Waals surface area contributed by atoms with Crippen LogP contribution in [0, 0.1) is 0 Å². The van der Waals surface area contributed by atoms with E-state index in [0.717, 1.165) is 10.2 Å². The molecule has 1 aromatic heterocycles. The number of nitrogens with zero attached hydrogens (tertiary/aromatic N) is 1. The molecule has 0 saturated carbocycles. The fourth-order valence-corrected chi connectivity index (χ4v) is 2.98. The molecule has 0 unspecified atom stereocenters. The summed E-state index contributed by atoms with van der Waals surface area (Å²) in [7, 11) is 0. The lowest BCUT2D eigenvalue weighted by atomic mass is 10.2. The molecule has 0 aliphatic carbocycles. The lowest BCUT2D eigenvalue weighted by molar-refractivity contribution is -0.141. The largest absolute Gasteiger partial charge is 0.480 e. The summed E-state index contributed by atoms with van der Waals surface area (Å²) in [6.07, 6.45) is 1.31. The van der Waals surface area contributed by atoms with Crippen molar-refractivity contribution in [1.29, 1.82) is 0 Å². The van der Waals surface area contributed by atoms with Crippen molar-refractivity contribution >= 4 is 39.1 Å². The smallest absolute Gasteiger partial charge is 0.326 e. The van der Waals surface area contributed by atoms with Gasteiger partial charge in [0.25, 0.3) is 5.91 Å². The SMILES string of the molecule is O=C(O)[C@H]1CCCN1C(=O)c1csc(Br)c1.